The first kappa shape index (κ1) is 36.0. The third-order valence-electron chi connectivity index (χ3n) is 8.44. The Morgan fingerprint density at radius 3 is 2.36 bits per heavy atom. The van der Waals surface area contributed by atoms with E-state index in [1.807, 2.05) is 0 Å². The van der Waals surface area contributed by atoms with Crippen molar-refractivity contribution in [2.75, 3.05) is 45.9 Å². The van der Waals surface area contributed by atoms with Gasteiger partial charge in [0.05, 0.1) is 18.8 Å². The maximum Gasteiger partial charge on any atom is 0.409 e. The summed E-state index contributed by atoms with van der Waals surface area (Å²) < 4.78 is 40.7. The quantitative estimate of drug-likeness (QED) is 0.272. The minimum Gasteiger partial charge on any atom is -0.481 e. The topological polar surface area (TPSA) is 193 Å². The van der Waals surface area contributed by atoms with Crippen LogP contribution in [-0.4, -0.2) is 135 Å². The van der Waals surface area contributed by atoms with Crippen LogP contribution in [0.3, 0.4) is 0 Å². The lowest BCUT2D eigenvalue weighted by Crippen LogP contribution is -2.56. The maximum atomic E-state index is 14.4. The average Bonchev–Trinajstić information content (AvgIpc) is 3.70. The SMILES string of the molecule is CCOC(=O)N1CCN(C(=O)[C@H](CCC(=O)O)NC(=O)c2cc(OCC(=O)N3CC(F)(F)C[C@H]3C(=O)NC3CC3)n(-c3ccccc3)n2)CC1. The molecule has 1 aromatic carbocycles. The molecule has 5 amide bonds. The number of carboxylic acid groups (broad SMARTS) is 1. The van der Waals surface area contributed by atoms with Crippen LogP contribution in [-0.2, 0) is 23.9 Å². The first-order valence-corrected chi connectivity index (χ1v) is 16.3. The molecule has 270 valence electrons. The number of carbonyl (C=O) groups is 6. The second-order valence-corrected chi connectivity index (χ2v) is 12.3. The van der Waals surface area contributed by atoms with Crippen LogP contribution in [0.25, 0.3) is 5.69 Å². The summed E-state index contributed by atoms with van der Waals surface area (Å²) in [7, 11) is 0. The first-order valence-electron chi connectivity index (χ1n) is 16.3. The van der Waals surface area contributed by atoms with E-state index in [0.29, 0.717) is 5.69 Å². The number of carbonyl (C=O) groups excluding carboxylic acids is 5. The van der Waals surface area contributed by atoms with E-state index < -0.39 is 79.7 Å². The lowest BCUT2D eigenvalue weighted by Gasteiger charge is -2.35. The van der Waals surface area contributed by atoms with E-state index in [2.05, 4.69) is 15.7 Å². The summed E-state index contributed by atoms with van der Waals surface area (Å²) in [6.45, 7) is 0.818. The Morgan fingerprint density at radius 2 is 1.72 bits per heavy atom. The monoisotopic (exact) mass is 703 g/mol. The molecule has 3 fully saturated rings. The standard InChI is InChI=1S/C32H39F2N7O9/c1-2-49-31(48)39-14-12-38(13-15-39)30(47)22(10-11-27(43)44)36-28(45)23-16-26(41(37-23)21-6-4-3-5-7-21)50-18-25(42)40-19-32(33,34)17-24(40)29(46)35-20-8-9-20/h3-7,16,20,22,24H,2,8-15,17-19H2,1H3,(H,35,46)(H,36,45)(H,43,44)/t22-,24-/m0/s1. The summed E-state index contributed by atoms with van der Waals surface area (Å²) in [5.74, 6) is -7.46. The summed E-state index contributed by atoms with van der Waals surface area (Å²) in [4.78, 5) is 79.9. The van der Waals surface area contributed by atoms with Gasteiger partial charge in [-0.3, -0.25) is 24.0 Å². The molecule has 2 aromatic rings. The third kappa shape index (κ3) is 9.03. The fourth-order valence-electron chi connectivity index (χ4n) is 5.69. The molecule has 3 heterocycles. The van der Waals surface area contributed by atoms with Crippen molar-refractivity contribution in [2.45, 2.75) is 63.1 Å². The molecule has 1 aromatic heterocycles. The number of aromatic nitrogens is 2. The highest BCUT2D eigenvalue weighted by atomic mass is 19.3. The molecule has 0 spiro atoms. The maximum absolute atomic E-state index is 14.4. The van der Waals surface area contributed by atoms with Crippen molar-refractivity contribution in [3.63, 3.8) is 0 Å². The Kier molecular flexibility index (Phi) is 11.2. The summed E-state index contributed by atoms with van der Waals surface area (Å²) >= 11 is 0. The molecule has 3 aliphatic rings. The van der Waals surface area contributed by atoms with Crippen LogP contribution in [0, 0.1) is 0 Å². The van der Waals surface area contributed by atoms with Crippen molar-refractivity contribution < 1.29 is 52.1 Å². The molecule has 1 saturated carbocycles. The van der Waals surface area contributed by atoms with Gasteiger partial charge in [0, 0.05) is 51.1 Å². The number of halogens is 2. The van der Waals surface area contributed by atoms with Gasteiger partial charge in [-0.25, -0.2) is 18.3 Å². The number of piperazine rings is 1. The second-order valence-electron chi connectivity index (χ2n) is 12.3. The molecule has 0 bridgehead atoms. The number of para-hydroxylation sites is 1. The number of ether oxygens (including phenoxy) is 2. The lowest BCUT2D eigenvalue weighted by molar-refractivity contribution is -0.140. The predicted octanol–water partition coefficient (Wildman–Crippen LogP) is 1.03. The largest absolute Gasteiger partial charge is 0.481 e. The Morgan fingerprint density at radius 1 is 1.04 bits per heavy atom. The van der Waals surface area contributed by atoms with Crippen LogP contribution in [0.1, 0.15) is 49.5 Å². The van der Waals surface area contributed by atoms with Gasteiger partial charge in [0.1, 0.15) is 12.1 Å². The predicted molar refractivity (Wildman–Crippen MR) is 169 cm³/mol. The van der Waals surface area contributed by atoms with Crippen LogP contribution in [0.15, 0.2) is 36.4 Å². The Bertz CT molecular complexity index is 1590. The number of aliphatic carboxylic acids is 1. The highest BCUT2D eigenvalue weighted by Gasteiger charge is 2.50. The number of hydrogen-bond donors (Lipinski definition) is 3. The zero-order valence-electron chi connectivity index (χ0n) is 27.4. The molecule has 2 aliphatic heterocycles. The van der Waals surface area contributed by atoms with E-state index in [0.717, 1.165) is 17.7 Å². The first-order chi connectivity index (χ1) is 23.8. The zero-order valence-corrected chi connectivity index (χ0v) is 27.4. The minimum absolute atomic E-state index is 0.0877. The number of carboxylic acids is 1. The number of alkyl halides is 2. The fraction of sp³-hybridized carbons (Fsp3) is 0.531. The number of amides is 5. The number of hydrogen-bond acceptors (Lipinski definition) is 9. The number of nitrogens with zero attached hydrogens (tertiary/aromatic N) is 5. The molecule has 2 atom stereocenters. The highest BCUT2D eigenvalue weighted by molar-refractivity contribution is 5.96. The van der Waals surface area contributed by atoms with E-state index in [1.165, 1.54) is 20.5 Å². The van der Waals surface area contributed by atoms with E-state index >= 15 is 0 Å². The van der Waals surface area contributed by atoms with E-state index in [-0.39, 0.29) is 56.8 Å². The van der Waals surface area contributed by atoms with Crippen LogP contribution in [0.5, 0.6) is 5.88 Å². The normalized spacial score (nSPS) is 19.0. The molecule has 50 heavy (non-hydrogen) atoms. The molecule has 3 N–H and O–H groups in total. The molecule has 16 nitrogen and oxygen atoms in total. The molecule has 5 rings (SSSR count). The van der Waals surface area contributed by atoms with Gasteiger partial charge >= 0.3 is 12.1 Å². The molecule has 1 aliphatic carbocycles. The number of nitrogens with one attached hydrogen (secondary N) is 2. The van der Waals surface area contributed by atoms with E-state index in [9.17, 15) is 42.7 Å². The summed E-state index contributed by atoms with van der Waals surface area (Å²) in [6.07, 6.45) is -0.496. The van der Waals surface area contributed by atoms with Crippen LogP contribution in [0.4, 0.5) is 13.6 Å². The Labute approximate surface area is 285 Å². The number of rotatable bonds is 13. The van der Waals surface area contributed by atoms with Crippen molar-refractivity contribution in [1.29, 1.82) is 0 Å². The van der Waals surface area contributed by atoms with Gasteiger partial charge in [0.15, 0.2) is 12.3 Å². The number of likely N-dealkylation sites (tertiary alicyclic amines) is 1. The van der Waals surface area contributed by atoms with Crippen molar-refractivity contribution in [2.24, 2.45) is 0 Å². The fourth-order valence-corrected chi connectivity index (χ4v) is 5.69. The lowest BCUT2D eigenvalue weighted by atomic mass is 10.1. The summed E-state index contributed by atoms with van der Waals surface area (Å²) in [5.41, 5.74) is 0.173. The highest BCUT2D eigenvalue weighted by Crippen LogP contribution is 2.33. The molecule has 0 unspecified atom stereocenters. The zero-order chi connectivity index (χ0) is 36.0. The van der Waals surface area contributed by atoms with Gasteiger partial charge in [0.2, 0.25) is 17.7 Å². The van der Waals surface area contributed by atoms with Gasteiger partial charge in [-0.05, 0) is 38.3 Å². The third-order valence-corrected chi connectivity index (χ3v) is 8.44. The minimum atomic E-state index is -3.26. The van der Waals surface area contributed by atoms with Gasteiger partial charge in [-0.1, -0.05) is 18.2 Å². The van der Waals surface area contributed by atoms with Crippen molar-refractivity contribution in [3.05, 3.63) is 42.1 Å². The molecule has 2 saturated heterocycles. The molecular formula is C32H39F2N7O9. The van der Waals surface area contributed by atoms with Crippen LogP contribution < -0.4 is 15.4 Å². The molecule has 0 radical (unpaired) electrons. The summed E-state index contributed by atoms with van der Waals surface area (Å²) in [5, 5.41) is 18.8. The average molecular weight is 704 g/mol. The molecular weight excluding hydrogens is 664 g/mol. The molecule has 18 heteroatoms. The van der Waals surface area contributed by atoms with Crippen LogP contribution in [0.2, 0.25) is 0 Å². The van der Waals surface area contributed by atoms with Gasteiger partial charge in [0.25, 0.3) is 17.7 Å². The van der Waals surface area contributed by atoms with Crippen LogP contribution >= 0.6 is 0 Å². The second kappa shape index (κ2) is 15.5. The van der Waals surface area contributed by atoms with E-state index in [1.54, 1.807) is 37.3 Å². The van der Waals surface area contributed by atoms with E-state index in [4.69, 9.17) is 9.47 Å². The Hall–Kier alpha value is -5.29. The Balaban J connectivity index is 1.30. The van der Waals surface area contributed by atoms with Crippen molar-refractivity contribution in [1.82, 2.24) is 35.1 Å². The smallest absolute Gasteiger partial charge is 0.409 e. The van der Waals surface area contributed by atoms with Gasteiger partial charge in [-0.15, -0.1) is 0 Å². The summed E-state index contributed by atoms with van der Waals surface area (Å²) in [6, 6.07) is 6.86. The van der Waals surface area contributed by atoms with Crippen molar-refractivity contribution >= 4 is 35.7 Å². The van der Waals surface area contributed by atoms with Gasteiger partial charge < -0.3 is 39.9 Å². The van der Waals surface area contributed by atoms with Gasteiger partial charge in [-0.2, -0.15) is 5.10 Å². The van der Waals surface area contributed by atoms with Crippen molar-refractivity contribution in [3.8, 4) is 11.6 Å². The number of benzene rings is 1.